The van der Waals surface area contributed by atoms with E-state index in [1.54, 1.807) is 34.9 Å². The molecule has 1 aliphatic rings. The molecule has 5 aromatic rings. The van der Waals surface area contributed by atoms with E-state index in [1.165, 1.54) is 32.4 Å². The Balaban J connectivity index is 0.000000360. The second-order valence-corrected chi connectivity index (χ2v) is 8.63. The number of nitrogens with zero attached hydrogens (tertiary/aromatic N) is 5. The zero-order valence-corrected chi connectivity index (χ0v) is 24.2. The highest BCUT2D eigenvalue weighted by Gasteiger charge is 2.15. The van der Waals surface area contributed by atoms with E-state index >= 15 is 0 Å². The molecule has 0 atom stereocenters. The zero-order valence-electron chi connectivity index (χ0n) is 23.4. The number of nitrogens with one attached hydrogen (secondary N) is 3. The molecule has 6 rings (SSSR count). The van der Waals surface area contributed by atoms with Gasteiger partial charge in [-0.25, -0.2) is 4.52 Å². The fraction of sp³-hybridized carbons (Fsp3) is 0.379. The molecule has 5 heterocycles. The minimum absolute atomic E-state index is 0.544. The molecule has 0 saturated carbocycles. The van der Waals surface area contributed by atoms with E-state index in [2.05, 4.69) is 42.9 Å². The summed E-state index contributed by atoms with van der Waals surface area (Å²) in [6, 6.07) is 10.3. The highest BCUT2D eigenvalue weighted by molar-refractivity contribution is 7.99. The summed E-state index contributed by atoms with van der Waals surface area (Å²) in [6.07, 6.45) is 13.1. The summed E-state index contributed by atoms with van der Waals surface area (Å²) in [6.45, 7) is 14.5. The largest absolute Gasteiger partial charge is 0.317 e. The number of nitriles is 1. The van der Waals surface area contributed by atoms with Crippen molar-refractivity contribution in [1.82, 2.24) is 35.3 Å². The molecule has 0 spiro atoms. The third kappa shape index (κ3) is 7.70. The number of piperidine rings is 1. The first-order valence-corrected chi connectivity index (χ1v) is 14.4. The van der Waals surface area contributed by atoms with Gasteiger partial charge in [0.2, 0.25) is 0 Å². The molecular weight excluding hydrogens is 492 g/mol. The van der Waals surface area contributed by atoms with Gasteiger partial charge in [0.05, 0.1) is 35.2 Å². The number of hydrogen-bond acceptors (Lipinski definition) is 6. The van der Waals surface area contributed by atoms with Gasteiger partial charge in [0.15, 0.2) is 0 Å². The number of H-pyrrole nitrogens is 2. The lowest BCUT2D eigenvalue weighted by Gasteiger charge is -2.08. The molecule has 0 bridgehead atoms. The Morgan fingerprint density at radius 2 is 1.66 bits per heavy atom. The van der Waals surface area contributed by atoms with Gasteiger partial charge in [0.25, 0.3) is 0 Å². The predicted molar refractivity (Wildman–Crippen MR) is 158 cm³/mol. The van der Waals surface area contributed by atoms with E-state index in [0.717, 1.165) is 37.3 Å². The first-order chi connectivity index (χ1) is 18.8. The second-order valence-electron chi connectivity index (χ2n) is 7.55. The van der Waals surface area contributed by atoms with Crippen LogP contribution in [-0.4, -0.2) is 43.1 Å². The highest BCUT2D eigenvalue weighted by atomic mass is 32.2. The summed E-state index contributed by atoms with van der Waals surface area (Å²) in [7, 11) is 0. The Kier molecular flexibility index (Phi) is 13.7. The van der Waals surface area contributed by atoms with E-state index in [1.807, 2.05) is 72.1 Å². The van der Waals surface area contributed by atoms with Crippen molar-refractivity contribution < 1.29 is 0 Å². The number of aromatic amines is 2. The molecular formula is C29H40N8S. The molecule has 0 unspecified atom stereocenters. The van der Waals surface area contributed by atoms with Crippen molar-refractivity contribution in [2.24, 2.45) is 0 Å². The number of benzene rings is 1. The number of fused-ring (bicyclic) bond motifs is 2. The van der Waals surface area contributed by atoms with Crippen molar-refractivity contribution in [2.75, 3.05) is 13.1 Å². The molecule has 3 N–H and O–H groups in total. The van der Waals surface area contributed by atoms with E-state index in [0.29, 0.717) is 5.56 Å². The summed E-state index contributed by atoms with van der Waals surface area (Å²) in [5.41, 5.74) is 4.24. The number of rotatable bonds is 3. The van der Waals surface area contributed by atoms with Gasteiger partial charge in [-0.1, -0.05) is 71.9 Å². The van der Waals surface area contributed by atoms with E-state index in [9.17, 15) is 5.26 Å². The molecule has 1 saturated heterocycles. The van der Waals surface area contributed by atoms with E-state index < -0.39 is 0 Å². The molecule has 4 aromatic heterocycles. The van der Waals surface area contributed by atoms with E-state index in [-0.39, 0.29) is 0 Å². The predicted octanol–water partition coefficient (Wildman–Crippen LogP) is 7.46. The van der Waals surface area contributed by atoms with Crippen LogP contribution in [0.25, 0.3) is 27.5 Å². The Morgan fingerprint density at radius 3 is 2.26 bits per heavy atom. The van der Waals surface area contributed by atoms with Crippen molar-refractivity contribution in [1.29, 1.82) is 5.26 Å². The summed E-state index contributed by atoms with van der Waals surface area (Å²) in [5.74, 6) is 0. The van der Waals surface area contributed by atoms with Crippen LogP contribution in [0, 0.1) is 11.3 Å². The Hall–Kier alpha value is -3.61. The second kappa shape index (κ2) is 17.0. The lowest BCUT2D eigenvalue weighted by atomic mass is 10.1. The molecule has 9 heteroatoms. The standard InChI is InChI=1S/C18H11N7S.C5H11N.3C2H6/c19-5-13-9-23-25-10-12(14-7-20-21-8-14)4-16(18(13)25)26-15-3-1-2-11-6-22-24-17(11)15;1-2-4-6-5-3-1;3*1-2/h1-4,6-10H,(H,20,21)(H,22,24);6H,1-5H2;3*1-2H3. The van der Waals surface area contributed by atoms with Crippen molar-refractivity contribution in [3.63, 3.8) is 0 Å². The topological polar surface area (TPSA) is 110 Å². The fourth-order valence-corrected chi connectivity index (χ4v) is 4.89. The van der Waals surface area contributed by atoms with Crippen molar-refractivity contribution in [3.8, 4) is 17.2 Å². The van der Waals surface area contributed by atoms with Crippen molar-refractivity contribution in [2.45, 2.75) is 70.6 Å². The van der Waals surface area contributed by atoms with Gasteiger partial charge >= 0.3 is 0 Å². The highest BCUT2D eigenvalue weighted by Crippen LogP contribution is 2.37. The quantitative estimate of drug-likeness (QED) is 0.222. The van der Waals surface area contributed by atoms with Crippen LogP contribution in [0.15, 0.2) is 65.0 Å². The average Bonchev–Trinajstić information content (AvgIpc) is 3.79. The van der Waals surface area contributed by atoms with Gasteiger partial charge in [-0.15, -0.1) is 0 Å². The van der Waals surface area contributed by atoms with Gasteiger partial charge in [-0.3, -0.25) is 10.2 Å². The first-order valence-electron chi connectivity index (χ1n) is 13.5. The molecule has 0 aliphatic carbocycles. The number of hydrogen-bond donors (Lipinski definition) is 3. The van der Waals surface area contributed by atoms with Gasteiger partial charge < -0.3 is 5.32 Å². The average molecular weight is 533 g/mol. The lowest BCUT2D eigenvalue weighted by molar-refractivity contribution is 0.520. The summed E-state index contributed by atoms with van der Waals surface area (Å²) in [4.78, 5) is 1.98. The van der Waals surface area contributed by atoms with Crippen LogP contribution in [-0.2, 0) is 0 Å². The Labute approximate surface area is 230 Å². The number of pyridine rings is 1. The maximum Gasteiger partial charge on any atom is 0.103 e. The van der Waals surface area contributed by atoms with Crippen molar-refractivity contribution in [3.05, 3.63) is 60.8 Å². The third-order valence-electron chi connectivity index (χ3n) is 5.39. The Bertz CT molecular complexity index is 1360. The molecule has 1 fully saturated rings. The third-order valence-corrected chi connectivity index (χ3v) is 6.49. The van der Waals surface area contributed by atoms with Crippen LogP contribution in [0.2, 0.25) is 0 Å². The van der Waals surface area contributed by atoms with Gasteiger partial charge in [0, 0.05) is 38.7 Å². The van der Waals surface area contributed by atoms with E-state index in [4.69, 9.17) is 0 Å². The number of para-hydroxylation sites is 1. The fourth-order valence-electron chi connectivity index (χ4n) is 3.76. The number of aromatic nitrogens is 6. The first kappa shape index (κ1) is 30.6. The summed E-state index contributed by atoms with van der Waals surface area (Å²) >= 11 is 1.58. The van der Waals surface area contributed by atoms with Crippen molar-refractivity contribution >= 4 is 28.2 Å². The van der Waals surface area contributed by atoms with Gasteiger partial charge in [-0.2, -0.15) is 20.6 Å². The molecule has 8 nitrogen and oxygen atoms in total. The van der Waals surface area contributed by atoms with Crippen LogP contribution in [0.5, 0.6) is 0 Å². The molecule has 0 amide bonds. The van der Waals surface area contributed by atoms with Gasteiger partial charge in [0.1, 0.15) is 6.07 Å². The maximum absolute atomic E-state index is 9.46. The molecule has 202 valence electrons. The van der Waals surface area contributed by atoms with Crippen LogP contribution in [0.1, 0.15) is 66.4 Å². The maximum atomic E-state index is 9.46. The van der Waals surface area contributed by atoms with Crippen LogP contribution < -0.4 is 5.32 Å². The lowest BCUT2D eigenvalue weighted by Crippen LogP contribution is -2.21. The molecule has 1 aliphatic heterocycles. The summed E-state index contributed by atoms with van der Waals surface area (Å²) < 4.78 is 1.75. The molecule has 1 aromatic carbocycles. The SMILES string of the molecule is C1CCNCC1.CC.CC.CC.N#Cc1cnn2cc(-c3cn[nH]c3)cc(Sc3cccc4cn[nH]c34)c12. The molecule has 0 radical (unpaired) electrons. The monoisotopic (exact) mass is 532 g/mol. The summed E-state index contributed by atoms with van der Waals surface area (Å²) in [5, 5.41) is 32.2. The minimum Gasteiger partial charge on any atom is -0.317 e. The van der Waals surface area contributed by atoms with Crippen LogP contribution in [0.4, 0.5) is 0 Å². The zero-order chi connectivity index (χ0) is 27.8. The normalized spacial score (nSPS) is 11.9. The Morgan fingerprint density at radius 1 is 0.895 bits per heavy atom. The van der Waals surface area contributed by atoms with Crippen LogP contribution in [0.3, 0.4) is 0 Å². The van der Waals surface area contributed by atoms with Gasteiger partial charge in [-0.05, 0) is 38.1 Å². The minimum atomic E-state index is 0.544. The smallest absolute Gasteiger partial charge is 0.103 e. The van der Waals surface area contributed by atoms with Crippen LogP contribution >= 0.6 is 11.8 Å². The molecule has 38 heavy (non-hydrogen) atoms.